The largest absolute Gasteiger partial charge is 0.481 e. The van der Waals surface area contributed by atoms with Crippen molar-refractivity contribution in [2.75, 3.05) is 13.1 Å². The molecule has 19 heavy (non-hydrogen) atoms. The number of carbonyl (C=O) groups is 2. The van der Waals surface area contributed by atoms with Crippen LogP contribution in [-0.4, -0.2) is 35.6 Å². The first-order valence-corrected chi connectivity index (χ1v) is 7.35. The molecule has 5 nitrogen and oxygen atoms in total. The minimum Gasteiger partial charge on any atom is -0.481 e. The van der Waals surface area contributed by atoms with Crippen LogP contribution in [0.2, 0.25) is 0 Å². The molecule has 1 aliphatic heterocycles. The van der Waals surface area contributed by atoms with E-state index in [9.17, 15) is 9.59 Å². The summed E-state index contributed by atoms with van der Waals surface area (Å²) in [6, 6.07) is 0. The van der Waals surface area contributed by atoms with Gasteiger partial charge in [0.15, 0.2) is 0 Å². The van der Waals surface area contributed by atoms with Crippen molar-refractivity contribution in [3.8, 4) is 0 Å². The Kier molecular flexibility index (Phi) is 4.45. The maximum absolute atomic E-state index is 12.3. The second kappa shape index (κ2) is 5.90. The molecule has 0 spiro atoms. The quantitative estimate of drug-likeness (QED) is 0.698. The number of nitrogens with one attached hydrogen (secondary N) is 2. The Hall–Kier alpha value is -1.10. The lowest BCUT2D eigenvalue weighted by Gasteiger charge is -2.28. The maximum Gasteiger partial charge on any atom is 0.306 e. The van der Waals surface area contributed by atoms with Crippen LogP contribution in [0.25, 0.3) is 0 Å². The molecule has 3 atom stereocenters. The van der Waals surface area contributed by atoms with Gasteiger partial charge in [-0.25, -0.2) is 0 Å². The normalized spacial score (nSPS) is 34.4. The van der Waals surface area contributed by atoms with Crippen molar-refractivity contribution in [3.05, 3.63) is 0 Å². The molecule has 3 N–H and O–H groups in total. The highest BCUT2D eigenvalue weighted by atomic mass is 16.4. The second-order valence-corrected chi connectivity index (χ2v) is 5.81. The summed E-state index contributed by atoms with van der Waals surface area (Å²) in [5.41, 5.74) is -0.419. The number of amides is 1. The summed E-state index contributed by atoms with van der Waals surface area (Å²) in [5, 5.41) is 15.4. The fraction of sp³-hybridized carbons (Fsp3) is 0.857. The molecule has 1 heterocycles. The van der Waals surface area contributed by atoms with E-state index in [1.165, 1.54) is 0 Å². The number of carbonyl (C=O) groups excluding carboxylic acids is 1. The van der Waals surface area contributed by atoms with Gasteiger partial charge in [0, 0.05) is 6.54 Å². The smallest absolute Gasteiger partial charge is 0.306 e. The minimum absolute atomic E-state index is 0.0449. The third kappa shape index (κ3) is 2.91. The van der Waals surface area contributed by atoms with E-state index in [2.05, 4.69) is 10.6 Å². The lowest BCUT2D eigenvalue weighted by Crippen LogP contribution is -2.54. The summed E-state index contributed by atoms with van der Waals surface area (Å²) in [7, 11) is 0. The highest BCUT2D eigenvalue weighted by Gasteiger charge is 2.40. The van der Waals surface area contributed by atoms with Crippen LogP contribution in [0.3, 0.4) is 0 Å². The van der Waals surface area contributed by atoms with Crippen LogP contribution >= 0.6 is 0 Å². The van der Waals surface area contributed by atoms with Crippen molar-refractivity contribution in [2.24, 2.45) is 11.8 Å². The van der Waals surface area contributed by atoms with Crippen molar-refractivity contribution in [3.63, 3.8) is 0 Å². The molecular weight excluding hydrogens is 244 g/mol. The molecule has 0 aromatic heterocycles. The summed E-state index contributed by atoms with van der Waals surface area (Å²) in [4.78, 5) is 23.4. The van der Waals surface area contributed by atoms with Crippen LogP contribution < -0.4 is 10.6 Å². The number of carboxylic acid groups (broad SMARTS) is 1. The molecule has 0 aromatic carbocycles. The summed E-state index contributed by atoms with van der Waals surface area (Å²) in [5.74, 6) is -0.865. The molecule has 1 aliphatic carbocycles. The van der Waals surface area contributed by atoms with Gasteiger partial charge in [-0.1, -0.05) is 13.3 Å². The van der Waals surface area contributed by atoms with Gasteiger partial charge in [-0.3, -0.25) is 9.59 Å². The maximum atomic E-state index is 12.3. The number of aliphatic carboxylic acids is 1. The summed E-state index contributed by atoms with van der Waals surface area (Å²) in [6.45, 7) is 3.41. The Morgan fingerprint density at radius 2 is 2.16 bits per heavy atom. The molecule has 0 aromatic rings. The average molecular weight is 268 g/mol. The van der Waals surface area contributed by atoms with E-state index >= 15 is 0 Å². The first-order valence-electron chi connectivity index (χ1n) is 7.35. The molecule has 1 saturated heterocycles. The van der Waals surface area contributed by atoms with Gasteiger partial charge in [0.2, 0.25) is 5.91 Å². The van der Waals surface area contributed by atoms with Crippen LogP contribution in [0.15, 0.2) is 0 Å². The first kappa shape index (κ1) is 14.3. The van der Waals surface area contributed by atoms with Crippen molar-refractivity contribution in [2.45, 2.75) is 51.0 Å². The highest BCUT2D eigenvalue weighted by molar-refractivity contribution is 5.86. The number of rotatable bonds is 5. The Bertz CT molecular complexity index is 351. The predicted molar refractivity (Wildman–Crippen MR) is 71.7 cm³/mol. The van der Waals surface area contributed by atoms with Crippen LogP contribution in [0.5, 0.6) is 0 Å². The van der Waals surface area contributed by atoms with Gasteiger partial charge >= 0.3 is 5.97 Å². The molecule has 108 valence electrons. The average Bonchev–Trinajstić information content (AvgIpc) is 3.05. The van der Waals surface area contributed by atoms with E-state index in [0.29, 0.717) is 6.54 Å². The lowest BCUT2D eigenvalue weighted by molar-refractivity contribution is -0.143. The van der Waals surface area contributed by atoms with E-state index in [-0.39, 0.29) is 17.7 Å². The van der Waals surface area contributed by atoms with E-state index in [4.69, 9.17) is 5.11 Å². The van der Waals surface area contributed by atoms with Crippen LogP contribution in [-0.2, 0) is 9.59 Å². The Labute approximate surface area is 114 Å². The van der Waals surface area contributed by atoms with E-state index in [1.807, 2.05) is 6.92 Å². The molecule has 2 fully saturated rings. The van der Waals surface area contributed by atoms with Gasteiger partial charge in [0.25, 0.3) is 0 Å². The van der Waals surface area contributed by atoms with E-state index < -0.39 is 11.5 Å². The van der Waals surface area contributed by atoms with Crippen LogP contribution in [0.4, 0.5) is 0 Å². The fourth-order valence-electron chi connectivity index (χ4n) is 3.46. The van der Waals surface area contributed by atoms with Crippen molar-refractivity contribution in [1.82, 2.24) is 10.6 Å². The highest BCUT2D eigenvalue weighted by Crippen LogP contribution is 2.31. The van der Waals surface area contributed by atoms with Gasteiger partial charge in [-0.2, -0.15) is 0 Å². The Morgan fingerprint density at radius 3 is 2.74 bits per heavy atom. The molecule has 1 saturated carbocycles. The topological polar surface area (TPSA) is 78.4 Å². The fourth-order valence-corrected chi connectivity index (χ4v) is 3.46. The van der Waals surface area contributed by atoms with E-state index in [0.717, 1.165) is 45.1 Å². The Balaban J connectivity index is 1.88. The van der Waals surface area contributed by atoms with Crippen LogP contribution in [0.1, 0.15) is 45.4 Å². The third-order valence-electron chi connectivity index (χ3n) is 4.78. The molecule has 1 amide bonds. The van der Waals surface area contributed by atoms with Gasteiger partial charge in [-0.15, -0.1) is 0 Å². The first-order chi connectivity index (χ1) is 9.09. The summed E-state index contributed by atoms with van der Waals surface area (Å²) < 4.78 is 0. The molecule has 2 rings (SSSR count). The van der Waals surface area contributed by atoms with Crippen molar-refractivity contribution < 1.29 is 14.7 Å². The molecular formula is C14H24N2O3. The van der Waals surface area contributed by atoms with Crippen molar-refractivity contribution in [1.29, 1.82) is 0 Å². The molecule has 5 heteroatoms. The number of carboxylic acids is 1. The van der Waals surface area contributed by atoms with Gasteiger partial charge in [0.1, 0.15) is 0 Å². The molecule has 0 bridgehead atoms. The molecule has 2 aliphatic rings. The second-order valence-electron chi connectivity index (χ2n) is 5.81. The monoisotopic (exact) mass is 268 g/mol. The minimum atomic E-state index is -0.721. The zero-order chi connectivity index (χ0) is 13.9. The standard InChI is InChI=1S/C14H24N2O3/c1-2-14(7-4-8-16-14)13(19)15-9-10-5-3-6-11(10)12(17)18/h10-11,16H,2-9H2,1H3,(H,15,19)(H,17,18). The SMILES string of the molecule is CCC1(C(=O)NCC2CCCC2C(=O)O)CCCN1. The van der Waals surface area contributed by atoms with Gasteiger partial charge in [0.05, 0.1) is 11.5 Å². The number of hydrogen-bond donors (Lipinski definition) is 3. The predicted octanol–water partition coefficient (Wildman–Crippen LogP) is 1.14. The number of hydrogen-bond acceptors (Lipinski definition) is 3. The van der Waals surface area contributed by atoms with Gasteiger partial charge in [-0.05, 0) is 44.6 Å². The van der Waals surface area contributed by atoms with E-state index in [1.54, 1.807) is 0 Å². The van der Waals surface area contributed by atoms with Crippen molar-refractivity contribution >= 4 is 11.9 Å². The lowest BCUT2D eigenvalue weighted by atomic mass is 9.92. The summed E-state index contributed by atoms with van der Waals surface area (Å²) in [6.07, 6.45) is 5.29. The zero-order valence-electron chi connectivity index (χ0n) is 11.6. The van der Waals surface area contributed by atoms with Crippen LogP contribution in [0, 0.1) is 11.8 Å². The Morgan fingerprint density at radius 1 is 1.37 bits per heavy atom. The molecule has 0 radical (unpaired) electrons. The molecule has 3 unspecified atom stereocenters. The zero-order valence-corrected chi connectivity index (χ0v) is 11.6. The summed E-state index contributed by atoms with van der Waals surface area (Å²) >= 11 is 0. The third-order valence-corrected chi connectivity index (χ3v) is 4.78. The van der Waals surface area contributed by atoms with Gasteiger partial charge < -0.3 is 15.7 Å².